The molecule has 0 bridgehead atoms. The zero-order valence-corrected chi connectivity index (χ0v) is 21.9. The molecule has 0 aliphatic carbocycles. The molecule has 0 radical (unpaired) electrons. The van der Waals surface area contributed by atoms with Gasteiger partial charge in [-0.15, -0.1) is 5.10 Å². The number of carbonyl (C=O) groups is 1. The number of hydrogen-bond acceptors (Lipinski definition) is 7. The standard InChI is InChI=1S/C23H17BrCl2N6O2S/c24-17-7-9-21(34-13-15-6-8-18(25)11-20(15)26)16(10-17)12-27-28-22(33)14-35-23-29-30-31-32(23)19-4-2-1-3-5-19/h1-12H,13-14H2,(H,28,33). The van der Waals surface area contributed by atoms with Gasteiger partial charge in [0, 0.05) is 25.6 Å². The van der Waals surface area contributed by atoms with Crippen molar-refractivity contribution < 1.29 is 9.53 Å². The Hall–Kier alpha value is -2.92. The van der Waals surface area contributed by atoms with E-state index >= 15 is 0 Å². The van der Waals surface area contributed by atoms with Crippen molar-refractivity contribution in [2.75, 3.05) is 5.75 Å². The lowest BCUT2D eigenvalue weighted by atomic mass is 10.2. The first kappa shape index (κ1) is 25.2. The monoisotopic (exact) mass is 590 g/mol. The molecule has 0 saturated heterocycles. The van der Waals surface area contributed by atoms with Gasteiger partial charge in [0.15, 0.2) is 0 Å². The Bertz CT molecular complexity index is 1350. The van der Waals surface area contributed by atoms with Crippen LogP contribution in [0.2, 0.25) is 10.0 Å². The van der Waals surface area contributed by atoms with E-state index < -0.39 is 0 Å². The minimum atomic E-state index is -0.306. The van der Waals surface area contributed by atoms with Crippen LogP contribution in [0.25, 0.3) is 5.69 Å². The van der Waals surface area contributed by atoms with Gasteiger partial charge in [-0.2, -0.15) is 9.78 Å². The summed E-state index contributed by atoms with van der Waals surface area (Å²) in [5, 5.41) is 17.3. The second-order valence-electron chi connectivity index (χ2n) is 7.00. The highest BCUT2D eigenvalue weighted by Crippen LogP contribution is 2.26. The molecule has 0 saturated carbocycles. The summed E-state index contributed by atoms with van der Waals surface area (Å²) in [7, 11) is 0. The Morgan fingerprint density at radius 3 is 2.77 bits per heavy atom. The zero-order valence-electron chi connectivity index (χ0n) is 17.9. The number of tetrazole rings is 1. The molecule has 12 heteroatoms. The van der Waals surface area contributed by atoms with Crippen LogP contribution in [-0.4, -0.2) is 38.1 Å². The van der Waals surface area contributed by atoms with Crippen LogP contribution in [-0.2, 0) is 11.4 Å². The van der Waals surface area contributed by atoms with Crippen LogP contribution in [0.5, 0.6) is 5.75 Å². The van der Waals surface area contributed by atoms with Crippen molar-refractivity contribution in [3.63, 3.8) is 0 Å². The van der Waals surface area contributed by atoms with E-state index in [0.717, 1.165) is 15.7 Å². The molecule has 1 amide bonds. The number of aromatic nitrogens is 4. The lowest BCUT2D eigenvalue weighted by molar-refractivity contribution is -0.118. The van der Waals surface area contributed by atoms with Gasteiger partial charge in [-0.05, 0) is 52.9 Å². The molecule has 8 nitrogen and oxygen atoms in total. The van der Waals surface area contributed by atoms with Gasteiger partial charge in [0.25, 0.3) is 5.91 Å². The Labute approximate surface area is 223 Å². The maximum absolute atomic E-state index is 12.3. The molecule has 0 aliphatic rings. The number of amides is 1. The number of halogens is 3. The lowest BCUT2D eigenvalue weighted by Gasteiger charge is -2.11. The van der Waals surface area contributed by atoms with Crippen LogP contribution in [0.1, 0.15) is 11.1 Å². The SMILES string of the molecule is O=C(CSc1nnnn1-c1ccccc1)NN=Cc1cc(Br)ccc1OCc1ccc(Cl)cc1Cl. The fraction of sp³-hybridized carbons (Fsp3) is 0.0870. The molecular formula is C23H17BrCl2N6O2S. The van der Waals surface area contributed by atoms with Gasteiger partial charge in [0.2, 0.25) is 5.16 Å². The van der Waals surface area contributed by atoms with E-state index in [-0.39, 0.29) is 18.3 Å². The van der Waals surface area contributed by atoms with Crippen molar-refractivity contribution in [3.8, 4) is 11.4 Å². The number of hydrazone groups is 1. The molecule has 0 atom stereocenters. The van der Waals surface area contributed by atoms with E-state index in [1.165, 1.54) is 18.0 Å². The zero-order chi connectivity index (χ0) is 24.6. The van der Waals surface area contributed by atoms with E-state index in [1.54, 1.807) is 22.9 Å². The molecule has 3 aromatic carbocycles. The molecule has 35 heavy (non-hydrogen) atoms. The number of ether oxygens (including phenoxy) is 1. The first-order valence-electron chi connectivity index (χ1n) is 10.1. The fourth-order valence-corrected chi connectivity index (χ4v) is 4.41. The van der Waals surface area contributed by atoms with Crippen LogP contribution in [0.15, 0.2) is 81.5 Å². The summed E-state index contributed by atoms with van der Waals surface area (Å²) in [6.07, 6.45) is 1.51. The Morgan fingerprint density at radius 1 is 1.14 bits per heavy atom. The van der Waals surface area contributed by atoms with Crippen molar-refractivity contribution >= 4 is 63.0 Å². The number of nitrogens with one attached hydrogen (secondary N) is 1. The number of nitrogens with zero attached hydrogens (tertiary/aromatic N) is 5. The lowest BCUT2D eigenvalue weighted by Crippen LogP contribution is -2.20. The Balaban J connectivity index is 1.35. The van der Waals surface area contributed by atoms with Gasteiger partial charge in [-0.3, -0.25) is 4.79 Å². The molecule has 4 rings (SSSR count). The number of carbonyl (C=O) groups excluding carboxylic acids is 1. The molecule has 0 fully saturated rings. The summed E-state index contributed by atoms with van der Waals surface area (Å²) >= 11 is 16.8. The highest BCUT2D eigenvalue weighted by Gasteiger charge is 2.11. The summed E-state index contributed by atoms with van der Waals surface area (Å²) in [5.41, 5.74) is 4.79. The Morgan fingerprint density at radius 2 is 1.97 bits per heavy atom. The second kappa shape index (κ2) is 12.2. The summed E-state index contributed by atoms with van der Waals surface area (Å²) in [4.78, 5) is 12.3. The third-order valence-corrected chi connectivity index (χ3v) is 6.54. The topological polar surface area (TPSA) is 94.3 Å². The van der Waals surface area contributed by atoms with Gasteiger partial charge >= 0.3 is 0 Å². The van der Waals surface area contributed by atoms with Crippen molar-refractivity contribution in [3.05, 3.63) is 92.4 Å². The average molecular weight is 592 g/mol. The maximum Gasteiger partial charge on any atom is 0.250 e. The first-order valence-corrected chi connectivity index (χ1v) is 12.7. The van der Waals surface area contributed by atoms with Gasteiger partial charge < -0.3 is 4.74 Å². The van der Waals surface area contributed by atoms with E-state index in [9.17, 15) is 4.79 Å². The van der Waals surface area contributed by atoms with Gasteiger partial charge in [-0.1, -0.05) is 75.2 Å². The highest BCUT2D eigenvalue weighted by molar-refractivity contribution is 9.10. The highest BCUT2D eigenvalue weighted by atomic mass is 79.9. The molecule has 0 unspecified atom stereocenters. The summed E-state index contributed by atoms with van der Waals surface area (Å²) in [6, 6.07) is 20.1. The van der Waals surface area contributed by atoms with Crippen LogP contribution in [0.3, 0.4) is 0 Å². The molecule has 4 aromatic rings. The van der Waals surface area contributed by atoms with E-state index in [2.05, 4.69) is 42.0 Å². The van der Waals surface area contributed by atoms with Gasteiger partial charge in [-0.25, -0.2) is 5.43 Å². The smallest absolute Gasteiger partial charge is 0.250 e. The fourth-order valence-electron chi connectivity index (χ4n) is 2.88. The first-order chi connectivity index (χ1) is 17.0. The molecule has 1 heterocycles. The number of hydrogen-bond donors (Lipinski definition) is 1. The van der Waals surface area contributed by atoms with E-state index in [4.69, 9.17) is 27.9 Å². The van der Waals surface area contributed by atoms with Crippen LogP contribution >= 0.6 is 50.9 Å². The van der Waals surface area contributed by atoms with Crippen molar-refractivity contribution in [1.29, 1.82) is 0 Å². The molecular weight excluding hydrogens is 575 g/mol. The Kier molecular flexibility index (Phi) is 8.75. The van der Waals surface area contributed by atoms with Crippen molar-refractivity contribution in [2.24, 2.45) is 5.10 Å². The molecule has 0 aliphatic heterocycles. The van der Waals surface area contributed by atoms with Crippen molar-refractivity contribution in [1.82, 2.24) is 25.6 Å². The largest absolute Gasteiger partial charge is 0.488 e. The summed E-state index contributed by atoms with van der Waals surface area (Å²) in [6.45, 7) is 0.248. The summed E-state index contributed by atoms with van der Waals surface area (Å²) < 4.78 is 8.33. The van der Waals surface area contributed by atoms with E-state index in [0.29, 0.717) is 26.5 Å². The van der Waals surface area contributed by atoms with Crippen LogP contribution in [0.4, 0.5) is 0 Å². The van der Waals surface area contributed by atoms with Crippen molar-refractivity contribution in [2.45, 2.75) is 11.8 Å². The third-order valence-electron chi connectivity index (χ3n) is 4.54. The number of benzene rings is 3. The minimum absolute atomic E-state index is 0.0848. The number of thioether (sulfide) groups is 1. The molecule has 178 valence electrons. The maximum atomic E-state index is 12.3. The predicted octanol–water partition coefficient (Wildman–Crippen LogP) is 5.55. The van der Waals surface area contributed by atoms with Crippen LogP contribution < -0.4 is 10.2 Å². The molecule has 1 aromatic heterocycles. The average Bonchev–Trinajstić information content (AvgIpc) is 3.32. The predicted molar refractivity (Wildman–Crippen MR) is 141 cm³/mol. The quantitative estimate of drug-likeness (QED) is 0.156. The van der Waals surface area contributed by atoms with Crippen LogP contribution in [0, 0.1) is 0 Å². The third kappa shape index (κ3) is 7.04. The molecule has 1 N–H and O–H groups in total. The minimum Gasteiger partial charge on any atom is -0.488 e. The normalized spacial score (nSPS) is 11.1. The van der Waals surface area contributed by atoms with Gasteiger partial charge in [0.1, 0.15) is 12.4 Å². The van der Waals surface area contributed by atoms with E-state index in [1.807, 2.05) is 48.5 Å². The number of rotatable bonds is 9. The molecule has 0 spiro atoms. The van der Waals surface area contributed by atoms with Gasteiger partial charge in [0.05, 0.1) is 17.7 Å². The summed E-state index contributed by atoms with van der Waals surface area (Å²) in [5.74, 6) is 0.356. The number of para-hydroxylation sites is 1. The second-order valence-corrected chi connectivity index (χ2v) is 9.70.